The average molecular weight is 382 g/mol. The van der Waals surface area contributed by atoms with Crippen LogP contribution in [0.3, 0.4) is 0 Å². The van der Waals surface area contributed by atoms with Gasteiger partial charge in [-0.2, -0.15) is 0 Å². The SMILES string of the molecule is CCNC(=O)COc1ccc(CNC(=O)C=Cc2cccc(C)c2)cc1OC. The number of ether oxygens (including phenoxy) is 2. The molecule has 0 aliphatic heterocycles. The lowest BCUT2D eigenvalue weighted by Crippen LogP contribution is -2.28. The van der Waals surface area contributed by atoms with Crippen LogP contribution >= 0.6 is 0 Å². The van der Waals surface area contributed by atoms with Crippen molar-refractivity contribution in [3.8, 4) is 11.5 Å². The molecule has 2 aromatic rings. The average Bonchev–Trinajstić information content (AvgIpc) is 2.69. The second kappa shape index (κ2) is 10.8. The Morgan fingerprint density at radius 1 is 1.07 bits per heavy atom. The Labute approximate surface area is 165 Å². The predicted molar refractivity (Wildman–Crippen MR) is 109 cm³/mol. The van der Waals surface area contributed by atoms with Crippen molar-refractivity contribution in [2.24, 2.45) is 0 Å². The van der Waals surface area contributed by atoms with Crippen molar-refractivity contribution in [1.29, 1.82) is 0 Å². The highest BCUT2D eigenvalue weighted by atomic mass is 16.5. The summed E-state index contributed by atoms with van der Waals surface area (Å²) in [7, 11) is 1.53. The van der Waals surface area contributed by atoms with Crippen LogP contribution in [0.15, 0.2) is 48.5 Å². The van der Waals surface area contributed by atoms with Crippen molar-refractivity contribution in [1.82, 2.24) is 10.6 Å². The highest BCUT2D eigenvalue weighted by Crippen LogP contribution is 2.28. The van der Waals surface area contributed by atoms with Gasteiger partial charge in [-0.05, 0) is 43.2 Å². The van der Waals surface area contributed by atoms with Crippen LogP contribution in [0.5, 0.6) is 11.5 Å². The van der Waals surface area contributed by atoms with E-state index in [1.165, 1.54) is 13.2 Å². The summed E-state index contributed by atoms with van der Waals surface area (Å²) in [5, 5.41) is 5.50. The summed E-state index contributed by atoms with van der Waals surface area (Å²) < 4.78 is 10.8. The summed E-state index contributed by atoms with van der Waals surface area (Å²) in [5.74, 6) is 0.604. The molecule has 0 saturated carbocycles. The summed E-state index contributed by atoms with van der Waals surface area (Å²) in [6.45, 7) is 4.68. The fourth-order valence-electron chi connectivity index (χ4n) is 2.53. The van der Waals surface area contributed by atoms with Gasteiger partial charge in [0.25, 0.3) is 5.91 Å². The molecule has 0 aliphatic rings. The first-order valence-electron chi connectivity index (χ1n) is 9.10. The van der Waals surface area contributed by atoms with E-state index in [9.17, 15) is 9.59 Å². The molecule has 0 spiro atoms. The maximum Gasteiger partial charge on any atom is 0.257 e. The van der Waals surface area contributed by atoms with E-state index in [0.717, 1.165) is 16.7 Å². The van der Waals surface area contributed by atoms with Crippen LogP contribution in [0, 0.1) is 6.92 Å². The summed E-state index contributed by atoms with van der Waals surface area (Å²) in [6, 6.07) is 13.2. The summed E-state index contributed by atoms with van der Waals surface area (Å²) in [5.41, 5.74) is 2.98. The van der Waals surface area contributed by atoms with Crippen molar-refractivity contribution in [2.75, 3.05) is 20.3 Å². The van der Waals surface area contributed by atoms with E-state index in [4.69, 9.17) is 9.47 Å². The fraction of sp³-hybridized carbons (Fsp3) is 0.273. The van der Waals surface area contributed by atoms with E-state index in [0.29, 0.717) is 24.6 Å². The normalized spacial score (nSPS) is 10.5. The fourth-order valence-corrected chi connectivity index (χ4v) is 2.53. The Balaban J connectivity index is 1.91. The van der Waals surface area contributed by atoms with E-state index >= 15 is 0 Å². The number of carbonyl (C=O) groups excluding carboxylic acids is 2. The molecule has 6 nitrogen and oxygen atoms in total. The lowest BCUT2D eigenvalue weighted by Gasteiger charge is -2.12. The van der Waals surface area contributed by atoms with E-state index in [1.54, 1.807) is 18.2 Å². The zero-order valence-corrected chi connectivity index (χ0v) is 16.5. The highest BCUT2D eigenvalue weighted by molar-refractivity contribution is 5.91. The third-order valence-electron chi connectivity index (χ3n) is 3.90. The number of benzene rings is 2. The number of aryl methyl sites for hydroxylation is 1. The first-order chi connectivity index (χ1) is 13.5. The van der Waals surface area contributed by atoms with Crippen molar-refractivity contribution in [3.05, 3.63) is 65.2 Å². The van der Waals surface area contributed by atoms with E-state index in [-0.39, 0.29) is 18.4 Å². The minimum atomic E-state index is -0.193. The second-order valence-electron chi connectivity index (χ2n) is 6.19. The molecular weight excluding hydrogens is 356 g/mol. The molecule has 148 valence electrons. The van der Waals surface area contributed by atoms with Crippen LogP contribution < -0.4 is 20.1 Å². The number of likely N-dealkylation sites (N-methyl/N-ethyl adjacent to an activating group) is 1. The molecule has 2 aromatic carbocycles. The third kappa shape index (κ3) is 6.79. The summed E-state index contributed by atoms with van der Waals surface area (Å²) >= 11 is 0. The van der Waals surface area contributed by atoms with Gasteiger partial charge in [-0.1, -0.05) is 35.9 Å². The van der Waals surface area contributed by atoms with E-state index in [1.807, 2.05) is 44.2 Å². The van der Waals surface area contributed by atoms with Gasteiger partial charge in [-0.15, -0.1) is 0 Å². The van der Waals surface area contributed by atoms with Gasteiger partial charge < -0.3 is 20.1 Å². The maximum absolute atomic E-state index is 12.0. The zero-order chi connectivity index (χ0) is 20.4. The highest BCUT2D eigenvalue weighted by Gasteiger charge is 2.08. The Morgan fingerprint density at radius 3 is 2.61 bits per heavy atom. The molecule has 6 heteroatoms. The van der Waals surface area contributed by atoms with Crippen LogP contribution in [0.4, 0.5) is 0 Å². The van der Waals surface area contributed by atoms with Crippen LogP contribution in [-0.4, -0.2) is 32.1 Å². The first-order valence-corrected chi connectivity index (χ1v) is 9.10. The van der Waals surface area contributed by atoms with Crippen molar-refractivity contribution < 1.29 is 19.1 Å². The number of rotatable bonds is 9. The first kappa shape index (κ1) is 21.0. The lowest BCUT2D eigenvalue weighted by molar-refractivity contribution is -0.123. The number of carbonyl (C=O) groups is 2. The molecular formula is C22H26N2O4. The minimum Gasteiger partial charge on any atom is -0.493 e. The van der Waals surface area contributed by atoms with Crippen molar-refractivity contribution in [2.45, 2.75) is 20.4 Å². The molecule has 0 bridgehead atoms. The van der Waals surface area contributed by atoms with E-state index in [2.05, 4.69) is 10.6 Å². The van der Waals surface area contributed by atoms with Crippen LogP contribution in [-0.2, 0) is 16.1 Å². The minimum absolute atomic E-state index is 0.0793. The molecule has 2 rings (SSSR count). The predicted octanol–water partition coefficient (Wildman–Crippen LogP) is 2.85. The molecule has 0 saturated heterocycles. The molecule has 28 heavy (non-hydrogen) atoms. The maximum atomic E-state index is 12.0. The zero-order valence-electron chi connectivity index (χ0n) is 16.5. The molecule has 0 radical (unpaired) electrons. The van der Waals surface area contributed by atoms with Gasteiger partial charge >= 0.3 is 0 Å². The Bertz CT molecular complexity index is 846. The second-order valence-corrected chi connectivity index (χ2v) is 6.19. The molecule has 0 heterocycles. The largest absolute Gasteiger partial charge is 0.493 e. The lowest BCUT2D eigenvalue weighted by atomic mass is 10.1. The van der Waals surface area contributed by atoms with Gasteiger partial charge in [0, 0.05) is 19.2 Å². The number of nitrogens with one attached hydrogen (secondary N) is 2. The molecule has 0 fully saturated rings. The monoisotopic (exact) mass is 382 g/mol. The van der Waals surface area contributed by atoms with Crippen LogP contribution in [0.2, 0.25) is 0 Å². The Hall–Kier alpha value is -3.28. The van der Waals surface area contributed by atoms with Gasteiger partial charge in [0.2, 0.25) is 5.91 Å². The van der Waals surface area contributed by atoms with Crippen molar-refractivity contribution in [3.63, 3.8) is 0 Å². The Morgan fingerprint density at radius 2 is 1.89 bits per heavy atom. The topological polar surface area (TPSA) is 76.7 Å². The summed E-state index contributed by atoms with van der Waals surface area (Å²) in [4.78, 5) is 23.5. The van der Waals surface area contributed by atoms with E-state index < -0.39 is 0 Å². The number of hydrogen-bond acceptors (Lipinski definition) is 4. The quantitative estimate of drug-likeness (QED) is 0.654. The van der Waals surface area contributed by atoms with Crippen molar-refractivity contribution >= 4 is 17.9 Å². The van der Waals surface area contributed by atoms with Gasteiger partial charge in [0.05, 0.1) is 7.11 Å². The molecule has 2 N–H and O–H groups in total. The number of methoxy groups -OCH3 is 1. The standard InChI is InChI=1S/C22H26N2O4/c1-4-23-22(26)15-28-19-10-8-18(13-20(19)27-3)14-24-21(25)11-9-17-7-5-6-16(2)12-17/h5-13H,4,14-15H2,1-3H3,(H,23,26)(H,24,25). The molecule has 0 aromatic heterocycles. The molecule has 0 unspecified atom stereocenters. The summed E-state index contributed by atoms with van der Waals surface area (Å²) in [6.07, 6.45) is 3.29. The third-order valence-corrected chi connectivity index (χ3v) is 3.90. The smallest absolute Gasteiger partial charge is 0.257 e. The molecule has 0 atom stereocenters. The molecule has 0 aliphatic carbocycles. The number of amides is 2. The van der Waals surface area contributed by atoms with Crippen LogP contribution in [0.25, 0.3) is 6.08 Å². The number of hydrogen-bond donors (Lipinski definition) is 2. The van der Waals surface area contributed by atoms with Gasteiger partial charge in [-0.25, -0.2) is 0 Å². The Kier molecular flexibility index (Phi) is 8.09. The van der Waals surface area contributed by atoms with Gasteiger partial charge in [-0.3, -0.25) is 9.59 Å². The van der Waals surface area contributed by atoms with Gasteiger partial charge in [0.15, 0.2) is 18.1 Å². The molecule has 2 amide bonds. The van der Waals surface area contributed by atoms with Crippen LogP contribution in [0.1, 0.15) is 23.6 Å². The van der Waals surface area contributed by atoms with Gasteiger partial charge in [0.1, 0.15) is 0 Å².